The van der Waals surface area contributed by atoms with Crippen LogP contribution in [0.2, 0.25) is 0 Å². The summed E-state index contributed by atoms with van der Waals surface area (Å²) < 4.78 is 0.628. The number of amides is 1. The normalized spacial score (nSPS) is 10.2. The van der Waals surface area contributed by atoms with E-state index in [-0.39, 0.29) is 5.91 Å². The van der Waals surface area contributed by atoms with Crippen LogP contribution in [0.5, 0.6) is 0 Å². The van der Waals surface area contributed by atoms with Crippen LogP contribution >= 0.6 is 15.9 Å². The zero-order valence-electron chi connectivity index (χ0n) is 10.2. The quantitative estimate of drug-likeness (QED) is 0.859. The van der Waals surface area contributed by atoms with Crippen LogP contribution in [0.3, 0.4) is 0 Å². The summed E-state index contributed by atoms with van der Waals surface area (Å²) in [6, 6.07) is 9.41. The van der Waals surface area contributed by atoms with E-state index in [4.69, 9.17) is 0 Å². The van der Waals surface area contributed by atoms with Crippen LogP contribution in [-0.2, 0) is 0 Å². The van der Waals surface area contributed by atoms with E-state index in [1.165, 1.54) is 0 Å². The molecule has 1 amide bonds. The largest absolute Gasteiger partial charge is 0.320 e. The van der Waals surface area contributed by atoms with Gasteiger partial charge in [-0.05, 0) is 53.5 Å². The molecule has 2 aromatic rings. The van der Waals surface area contributed by atoms with Crippen molar-refractivity contribution < 1.29 is 4.79 Å². The minimum absolute atomic E-state index is 0.120. The molecule has 92 valence electrons. The summed E-state index contributed by atoms with van der Waals surface area (Å²) in [6.07, 6.45) is 1.66. The van der Waals surface area contributed by atoms with E-state index in [2.05, 4.69) is 26.2 Å². The van der Waals surface area contributed by atoms with E-state index >= 15 is 0 Å². The molecular weight excluding hydrogens is 292 g/mol. The molecule has 3 nitrogen and oxygen atoms in total. The molecule has 0 aliphatic rings. The van der Waals surface area contributed by atoms with E-state index in [1.54, 1.807) is 18.3 Å². The average Bonchev–Trinajstić information content (AvgIpc) is 2.35. The summed E-state index contributed by atoms with van der Waals surface area (Å²) in [6.45, 7) is 3.89. The second-order valence-corrected chi connectivity index (χ2v) is 4.87. The third-order valence-electron chi connectivity index (χ3n) is 2.64. The van der Waals surface area contributed by atoms with Gasteiger partial charge < -0.3 is 5.32 Å². The number of benzene rings is 1. The Labute approximate surface area is 114 Å². The van der Waals surface area contributed by atoms with E-state index in [0.29, 0.717) is 15.9 Å². The average molecular weight is 305 g/mol. The highest BCUT2D eigenvalue weighted by molar-refractivity contribution is 9.10. The summed E-state index contributed by atoms with van der Waals surface area (Å²) in [7, 11) is 0. The fraction of sp³-hybridized carbons (Fsp3) is 0.143. The number of carbonyl (C=O) groups excluding carboxylic acids is 1. The zero-order chi connectivity index (χ0) is 13.1. The van der Waals surface area contributed by atoms with Crippen molar-refractivity contribution in [2.45, 2.75) is 13.8 Å². The number of nitrogens with one attached hydrogen (secondary N) is 1. The molecule has 0 aliphatic heterocycles. The van der Waals surface area contributed by atoms with Gasteiger partial charge >= 0.3 is 0 Å². The molecule has 1 aromatic carbocycles. The third-order valence-corrected chi connectivity index (χ3v) is 3.28. The van der Waals surface area contributed by atoms with Gasteiger partial charge in [-0.15, -0.1) is 0 Å². The molecule has 0 fully saturated rings. The smallest absolute Gasteiger partial charge is 0.256 e. The number of anilines is 1. The molecule has 1 aromatic heterocycles. The lowest BCUT2D eigenvalue weighted by Gasteiger charge is -2.09. The maximum Gasteiger partial charge on any atom is 0.256 e. The van der Waals surface area contributed by atoms with Crippen LogP contribution in [0, 0.1) is 13.8 Å². The molecule has 0 unspecified atom stereocenters. The van der Waals surface area contributed by atoms with Crippen molar-refractivity contribution in [2.75, 3.05) is 5.32 Å². The van der Waals surface area contributed by atoms with Gasteiger partial charge in [0.05, 0.1) is 5.69 Å². The molecule has 1 heterocycles. The first-order valence-electron chi connectivity index (χ1n) is 5.57. The predicted molar refractivity (Wildman–Crippen MR) is 75.8 cm³/mol. The van der Waals surface area contributed by atoms with Crippen LogP contribution in [0.4, 0.5) is 5.69 Å². The van der Waals surface area contributed by atoms with Gasteiger partial charge in [0.1, 0.15) is 4.60 Å². The number of carbonyl (C=O) groups is 1. The zero-order valence-corrected chi connectivity index (χ0v) is 11.8. The van der Waals surface area contributed by atoms with Gasteiger partial charge in [0.2, 0.25) is 0 Å². The molecule has 4 heteroatoms. The molecule has 0 atom stereocenters. The molecule has 0 saturated heterocycles. The summed E-state index contributed by atoms with van der Waals surface area (Å²) in [5.41, 5.74) is 3.38. The molecule has 1 N–H and O–H groups in total. The molecule has 0 bridgehead atoms. The van der Waals surface area contributed by atoms with Gasteiger partial charge in [0, 0.05) is 11.8 Å². The SMILES string of the molecule is Cc1ccc(C)c(C(=O)Nc2cccnc2Br)c1. The molecule has 0 saturated carbocycles. The summed E-state index contributed by atoms with van der Waals surface area (Å²) in [4.78, 5) is 16.2. The van der Waals surface area contributed by atoms with E-state index in [9.17, 15) is 4.79 Å². The van der Waals surface area contributed by atoms with Crippen LogP contribution in [0.15, 0.2) is 41.1 Å². The Morgan fingerprint density at radius 3 is 2.78 bits per heavy atom. The van der Waals surface area contributed by atoms with Crippen molar-refractivity contribution in [3.8, 4) is 0 Å². The van der Waals surface area contributed by atoms with Crippen LogP contribution in [-0.4, -0.2) is 10.9 Å². The van der Waals surface area contributed by atoms with Gasteiger partial charge in [-0.25, -0.2) is 4.98 Å². The Balaban J connectivity index is 2.28. The highest BCUT2D eigenvalue weighted by atomic mass is 79.9. The monoisotopic (exact) mass is 304 g/mol. The predicted octanol–water partition coefficient (Wildman–Crippen LogP) is 3.71. The van der Waals surface area contributed by atoms with Gasteiger partial charge in [-0.1, -0.05) is 17.7 Å². The fourth-order valence-corrected chi connectivity index (χ4v) is 2.00. The molecular formula is C14H13BrN2O. The van der Waals surface area contributed by atoms with Crippen molar-refractivity contribution in [3.05, 3.63) is 57.8 Å². The lowest BCUT2D eigenvalue weighted by Crippen LogP contribution is -2.14. The third kappa shape index (κ3) is 2.76. The first-order chi connectivity index (χ1) is 8.58. The first kappa shape index (κ1) is 12.8. The number of hydrogen-bond acceptors (Lipinski definition) is 2. The van der Waals surface area contributed by atoms with Gasteiger partial charge in [0.15, 0.2) is 0 Å². The second kappa shape index (κ2) is 5.31. The first-order valence-corrected chi connectivity index (χ1v) is 6.36. The Bertz CT molecular complexity index is 596. The highest BCUT2D eigenvalue weighted by Crippen LogP contribution is 2.20. The minimum atomic E-state index is -0.120. The maximum atomic E-state index is 12.2. The minimum Gasteiger partial charge on any atom is -0.320 e. The fourth-order valence-electron chi connectivity index (χ4n) is 1.65. The van der Waals surface area contributed by atoms with Gasteiger partial charge in [-0.2, -0.15) is 0 Å². The Kier molecular flexibility index (Phi) is 3.77. The molecule has 0 spiro atoms. The Hall–Kier alpha value is -1.68. The van der Waals surface area contributed by atoms with Gasteiger partial charge in [-0.3, -0.25) is 4.79 Å². The number of aryl methyl sites for hydroxylation is 2. The van der Waals surface area contributed by atoms with Crippen molar-refractivity contribution in [2.24, 2.45) is 0 Å². The maximum absolute atomic E-state index is 12.2. The second-order valence-electron chi connectivity index (χ2n) is 4.11. The lowest BCUT2D eigenvalue weighted by molar-refractivity contribution is 0.102. The number of pyridine rings is 1. The van der Waals surface area contributed by atoms with Crippen molar-refractivity contribution in [1.82, 2.24) is 4.98 Å². The van der Waals surface area contributed by atoms with E-state index in [1.807, 2.05) is 32.0 Å². The summed E-state index contributed by atoms with van der Waals surface area (Å²) >= 11 is 3.30. The van der Waals surface area contributed by atoms with E-state index in [0.717, 1.165) is 11.1 Å². The number of hydrogen-bond donors (Lipinski definition) is 1. The number of rotatable bonds is 2. The number of nitrogens with zero attached hydrogens (tertiary/aromatic N) is 1. The van der Waals surface area contributed by atoms with Crippen LogP contribution in [0.1, 0.15) is 21.5 Å². The van der Waals surface area contributed by atoms with Crippen molar-refractivity contribution >= 4 is 27.5 Å². The van der Waals surface area contributed by atoms with Gasteiger partial charge in [0.25, 0.3) is 5.91 Å². The van der Waals surface area contributed by atoms with Crippen LogP contribution < -0.4 is 5.32 Å². The topological polar surface area (TPSA) is 42.0 Å². The summed E-state index contributed by atoms with van der Waals surface area (Å²) in [5, 5.41) is 2.85. The molecule has 0 radical (unpaired) electrons. The van der Waals surface area contributed by atoms with Crippen molar-refractivity contribution in [1.29, 1.82) is 0 Å². The lowest BCUT2D eigenvalue weighted by atomic mass is 10.1. The standard InChI is InChI=1S/C14H13BrN2O/c1-9-5-6-10(2)11(8-9)14(18)17-12-4-3-7-16-13(12)15/h3-8H,1-2H3,(H,17,18). The number of halogens is 1. The number of aromatic nitrogens is 1. The summed E-state index contributed by atoms with van der Waals surface area (Å²) in [5.74, 6) is -0.120. The molecule has 18 heavy (non-hydrogen) atoms. The van der Waals surface area contributed by atoms with E-state index < -0.39 is 0 Å². The van der Waals surface area contributed by atoms with Crippen LogP contribution in [0.25, 0.3) is 0 Å². The molecule has 2 rings (SSSR count). The molecule has 0 aliphatic carbocycles. The Morgan fingerprint density at radius 1 is 1.28 bits per heavy atom. The highest BCUT2D eigenvalue weighted by Gasteiger charge is 2.11. The van der Waals surface area contributed by atoms with Crippen molar-refractivity contribution in [3.63, 3.8) is 0 Å². The Morgan fingerprint density at radius 2 is 2.06 bits per heavy atom.